The summed E-state index contributed by atoms with van der Waals surface area (Å²) in [5.41, 5.74) is 1.12. The predicted octanol–water partition coefficient (Wildman–Crippen LogP) is 2.66. The fourth-order valence-electron chi connectivity index (χ4n) is 1.89. The number of benzene rings is 1. The van der Waals surface area contributed by atoms with Crippen LogP contribution in [-0.2, 0) is 11.2 Å². The van der Waals surface area contributed by atoms with Gasteiger partial charge in [0, 0.05) is 5.02 Å². The maximum Gasteiger partial charge on any atom is 0.119 e. The molecule has 0 radical (unpaired) electrons. The van der Waals surface area contributed by atoms with Gasteiger partial charge in [0.2, 0.25) is 0 Å². The van der Waals surface area contributed by atoms with Crippen LogP contribution in [0, 0.1) is 0 Å². The van der Waals surface area contributed by atoms with Crippen LogP contribution >= 0.6 is 11.6 Å². The van der Waals surface area contributed by atoms with Crippen molar-refractivity contribution in [2.75, 3.05) is 32.9 Å². The Kier molecular flexibility index (Phi) is 9.46. The summed E-state index contributed by atoms with van der Waals surface area (Å²) in [5, 5.41) is 3.11. The van der Waals surface area contributed by atoms with E-state index in [4.69, 9.17) is 21.1 Å². The maximum atomic E-state index is 6.07. The van der Waals surface area contributed by atoms with Gasteiger partial charge in [-0.1, -0.05) is 31.9 Å². The highest BCUT2D eigenvalue weighted by atomic mass is 35.5. The number of ether oxygens (including phenoxy) is 2. The normalized spacial score (nSPS) is 10.8. The Morgan fingerprint density at radius 3 is 2.70 bits per heavy atom. The molecule has 1 rings (SSSR count). The lowest BCUT2D eigenvalue weighted by Crippen LogP contribution is -2.85. The first-order valence-electron chi connectivity index (χ1n) is 7.58. The van der Waals surface area contributed by atoms with Crippen LogP contribution in [0.2, 0.25) is 5.02 Å². The predicted molar refractivity (Wildman–Crippen MR) is 83.7 cm³/mol. The number of rotatable bonds is 11. The van der Waals surface area contributed by atoms with E-state index in [1.807, 2.05) is 18.2 Å². The highest BCUT2D eigenvalue weighted by Crippen LogP contribution is 2.22. The van der Waals surface area contributed by atoms with E-state index < -0.39 is 0 Å². The zero-order chi connectivity index (χ0) is 14.6. The molecule has 0 aromatic heterocycles. The van der Waals surface area contributed by atoms with E-state index in [0.29, 0.717) is 13.2 Å². The van der Waals surface area contributed by atoms with Crippen LogP contribution in [0.5, 0.6) is 5.75 Å². The Morgan fingerprint density at radius 2 is 1.95 bits per heavy atom. The third-order valence-electron chi connectivity index (χ3n) is 3.12. The molecule has 4 heteroatoms. The minimum atomic E-state index is 0.583. The lowest BCUT2D eigenvalue weighted by Gasteiger charge is -2.09. The number of nitrogens with two attached hydrogens (primary N) is 1. The molecule has 0 unspecified atom stereocenters. The Morgan fingerprint density at radius 1 is 1.10 bits per heavy atom. The van der Waals surface area contributed by atoms with Gasteiger partial charge in [-0.15, -0.1) is 0 Å². The summed E-state index contributed by atoms with van der Waals surface area (Å²) in [7, 11) is 0. The summed E-state index contributed by atoms with van der Waals surface area (Å²) >= 11 is 6.07. The van der Waals surface area contributed by atoms with Crippen molar-refractivity contribution < 1.29 is 14.8 Å². The second-order valence-electron chi connectivity index (χ2n) is 4.79. The van der Waals surface area contributed by atoms with Crippen LogP contribution in [0.15, 0.2) is 18.2 Å². The monoisotopic (exact) mass is 300 g/mol. The van der Waals surface area contributed by atoms with Crippen molar-refractivity contribution >= 4 is 11.6 Å². The average molecular weight is 301 g/mol. The van der Waals surface area contributed by atoms with Gasteiger partial charge in [0.15, 0.2) is 0 Å². The van der Waals surface area contributed by atoms with E-state index in [0.717, 1.165) is 35.9 Å². The first-order chi connectivity index (χ1) is 9.77. The van der Waals surface area contributed by atoms with Crippen molar-refractivity contribution in [3.05, 3.63) is 28.8 Å². The Labute approximate surface area is 127 Å². The molecular weight excluding hydrogens is 274 g/mol. The number of quaternary nitrogens is 1. The molecule has 20 heavy (non-hydrogen) atoms. The lowest BCUT2D eigenvalue weighted by atomic mass is 10.1. The molecule has 3 nitrogen and oxygen atoms in total. The largest absolute Gasteiger partial charge is 0.491 e. The molecule has 0 bridgehead atoms. The molecule has 0 spiro atoms. The highest BCUT2D eigenvalue weighted by molar-refractivity contribution is 6.31. The lowest BCUT2D eigenvalue weighted by molar-refractivity contribution is -0.656. The summed E-state index contributed by atoms with van der Waals surface area (Å²) in [5.74, 6) is 0.865. The third-order valence-corrected chi connectivity index (χ3v) is 3.49. The van der Waals surface area contributed by atoms with Crippen LogP contribution in [0.4, 0.5) is 0 Å². The fraction of sp³-hybridized carbons (Fsp3) is 0.625. The average Bonchev–Trinajstić information content (AvgIpc) is 2.47. The molecule has 0 aliphatic heterocycles. The van der Waals surface area contributed by atoms with Crippen LogP contribution in [0.25, 0.3) is 0 Å². The van der Waals surface area contributed by atoms with Crippen LogP contribution in [0.1, 0.15) is 32.3 Å². The molecule has 114 valence electrons. The van der Waals surface area contributed by atoms with Gasteiger partial charge < -0.3 is 14.8 Å². The SMILES string of the molecule is CCCC[NH2+]CCOCCOc1ccc(Cl)c(CC)c1. The van der Waals surface area contributed by atoms with E-state index in [2.05, 4.69) is 19.2 Å². The smallest absolute Gasteiger partial charge is 0.119 e. The summed E-state index contributed by atoms with van der Waals surface area (Å²) in [6.45, 7) is 8.52. The van der Waals surface area contributed by atoms with Crippen molar-refractivity contribution in [2.45, 2.75) is 33.1 Å². The first kappa shape index (κ1) is 17.3. The van der Waals surface area contributed by atoms with Crippen LogP contribution in [0.3, 0.4) is 0 Å². The second-order valence-corrected chi connectivity index (χ2v) is 5.19. The second kappa shape index (κ2) is 11.0. The molecule has 2 N–H and O–H groups in total. The summed E-state index contributed by atoms with van der Waals surface area (Å²) in [6, 6.07) is 5.79. The number of hydrogen-bond donors (Lipinski definition) is 1. The number of aryl methyl sites for hydroxylation is 1. The Balaban J connectivity index is 2.06. The van der Waals surface area contributed by atoms with Gasteiger partial charge >= 0.3 is 0 Å². The summed E-state index contributed by atoms with van der Waals surface area (Å²) < 4.78 is 11.2. The molecule has 1 aromatic rings. The minimum Gasteiger partial charge on any atom is -0.491 e. The molecule has 0 amide bonds. The fourth-order valence-corrected chi connectivity index (χ4v) is 2.14. The topological polar surface area (TPSA) is 35.1 Å². The molecule has 0 aliphatic rings. The van der Waals surface area contributed by atoms with Crippen LogP contribution in [-0.4, -0.2) is 32.9 Å². The third kappa shape index (κ3) is 7.13. The molecule has 0 saturated heterocycles. The van der Waals surface area contributed by atoms with Crippen molar-refractivity contribution in [2.24, 2.45) is 0 Å². The van der Waals surface area contributed by atoms with E-state index >= 15 is 0 Å². The van der Waals surface area contributed by atoms with Crippen molar-refractivity contribution in [1.29, 1.82) is 0 Å². The standard InChI is InChI=1S/C16H26ClNO2/c1-3-5-8-18-9-10-19-11-12-20-15-6-7-16(17)14(4-2)13-15/h6-7,13,18H,3-5,8-12H2,1-2H3/p+1. The van der Waals surface area contributed by atoms with Gasteiger partial charge in [-0.05, 0) is 36.6 Å². The van der Waals surface area contributed by atoms with Gasteiger partial charge in [0.25, 0.3) is 0 Å². The van der Waals surface area contributed by atoms with E-state index in [-0.39, 0.29) is 0 Å². The number of hydrogen-bond acceptors (Lipinski definition) is 2. The van der Waals surface area contributed by atoms with E-state index in [1.54, 1.807) is 0 Å². The molecule has 0 aliphatic carbocycles. The van der Waals surface area contributed by atoms with Crippen molar-refractivity contribution in [3.8, 4) is 5.75 Å². The Bertz CT molecular complexity index is 371. The van der Waals surface area contributed by atoms with E-state index in [9.17, 15) is 0 Å². The number of unbranched alkanes of at least 4 members (excludes halogenated alkanes) is 1. The van der Waals surface area contributed by atoms with E-state index in [1.165, 1.54) is 19.4 Å². The van der Waals surface area contributed by atoms with Crippen molar-refractivity contribution in [1.82, 2.24) is 0 Å². The molecule has 0 fully saturated rings. The van der Waals surface area contributed by atoms with Gasteiger partial charge in [0.05, 0.1) is 26.3 Å². The summed E-state index contributed by atoms with van der Waals surface area (Å²) in [6.07, 6.45) is 3.45. The molecule has 1 aromatic carbocycles. The molecular formula is C16H27ClNO2+. The van der Waals surface area contributed by atoms with Gasteiger partial charge in [0.1, 0.15) is 12.4 Å². The zero-order valence-electron chi connectivity index (χ0n) is 12.7. The molecule has 0 atom stereocenters. The maximum absolute atomic E-state index is 6.07. The molecule has 0 saturated carbocycles. The van der Waals surface area contributed by atoms with Gasteiger partial charge in [-0.2, -0.15) is 0 Å². The zero-order valence-corrected chi connectivity index (χ0v) is 13.4. The first-order valence-corrected chi connectivity index (χ1v) is 7.96. The van der Waals surface area contributed by atoms with Crippen molar-refractivity contribution in [3.63, 3.8) is 0 Å². The number of halogens is 1. The van der Waals surface area contributed by atoms with Crippen LogP contribution < -0.4 is 10.1 Å². The molecule has 0 heterocycles. The van der Waals surface area contributed by atoms with Gasteiger partial charge in [-0.25, -0.2) is 0 Å². The summed E-state index contributed by atoms with van der Waals surface area (Å²) in [4.78, 5) is 0. The Hall–Kier alpha value is -0.770. The quantitative estimate of drug-likeness (QED) is 0.638. The van der Waals surface area contributed by atoms with Gasteiger partial charge in [-0.3, -0.25) is 0 Å². The highest BCUT2D eigenvalue weighted by Gasteiger charge is 2.01. The minimum absolute atomic E-state index is 0.583.